The highest BCUT2D eigenvalue weighted by Gasteiger charge is 2.50. The third kappa shape index (κ3) is 4.17. The normalized spacial score (nSPS) is 18.3. The lowest BCUT2D eigenvalue weighted by molar-refractivity contribution is -0.151. The van der Waals surface area contributed by atoms with E-state index in [0.717, 1.165) is 5.56 Å². The Morgan fingerprint density at radius 3 is 2.21 bits per heavy atom. The van der Waals surface area contributed by atoms with E-state index in [0.29, 0.717) is 5.56 Å². The largest absolute Gasteiger partial charge is 0.456 e. The van der Waals surface area contributed by atoms with Gasteiger partial charge >= 0.3 is 16.1 Å². The Hall–Kier alpha value is -3.13. The van der Waals surface area contributed by atoms with Crippen molar-refractivity contribution in [1.82, 2.24) is 4.90 Å². The van der Waals surface area contributed by atoms with Gasteiger partial charge in [0.1, 0.15) is 12.4 Å². The summed E-state index contributed by atoms with van der Waals surface area (Å²) in [6, 6.07) is 17.4. The molecule has 2 aromatic rings. The number of ether oxygens (including phenoxy) is 1. The molecule has 0 bridgehead atoms. The Morgan fingerprint density at radius 1 is 0.966 bits per heavy atom. The van der Waals surface area contributed by atoms with E-state index in [2.05, 4.69) is 0 Å². The number of hydrogen-bond donors (Lipinski definition) is 0. The molecule has 0 radical (unpaired) electrons. The van der Waals surface area contributed by atoms with Crippen molar-refractivity contribution in [2.45, 2.75) is 31.2 Å². The summed E-state index contributed by atoms with van der Waals surface area (Å²) in [5.74, 6) is -1.38. The van der Waals surface area contributed by atoms with Crippen molar-refractivity contribution in [1.29, 1.82) is 0 Å². The van der Waals surface area contributed by atoms with Crippen LogP contribution in [0.1, 0.15) is 24.0 Å². The zero-order valence-electron chi connectivity index (χ0n) is 15.5. The van der Waals surface area contributed by atoms with Crippen molar-refractivity contribution < 1.29 is 26.9 Å². The van der Waals surface area contributed by atoms with E-state index >= 15 is 0 Å². The van der Waals surface area contributed by atoms with Crippen molar-refractivity contribution >= 4 is 22.0 Å². The molecule has 2 aromatic carbocycles. The molecule has 1 atom stereocenters. The summed E-state index contributed by atoms with van der Waals surface area (Å²) in [6.07, 6.45) is 0.427. The maximum Gasteiger partial charge on any atom is 0.358 e. The summed E-state index contributed by atoms with van der Waals surface area (Å²) in [5, 5.41) is 0. The highest BCUT2D eigenvalue weighted by molar-refractivity contribution is 7.86. The van der Waals surface area contributed by atoms with Crippen LogP contribution < -0.4 is 0 Å². The van der Waals surface area contributed by atoms with E-state index in [1.54, 1.807) is 42.5 Å². The molecular formula is C21H19NO6S. The summed E-state index contributed by atoms with van der Waals surface area (Å²) in [7, 11) is -3.99. The van der Waals surface area contributed by atoms with Crippen LogP contribution in [0.5, 0.6) is 0 Å². The average Bonchev–Trinajstić information content (AvgIpc) is 2.98. The minimum Gasteiger partial charge on any atom is -0.456 e. The zero-order valence-corrected chi connectivity index (χ0v) is 16.3. The molecule has 1 saturated heterocycles. The van der Waals surface area contributed by atoms with Gasteiger partial charge in [0.2, 0.25) is 5.91 Å². The van der Waals surface area contributed by atoms with Crippen molar-refractivity contribution in [2.24, 2.45) is 0 Å². The third-order valence-electron chi connectivity index (χ3n) is 4.79. The molecule has 0 spiro atoms. The Labute approximate surface area is 168 Å². The average molecular weight is 413 g/mol. The van der Waals surface area contributed by atoms with E-state index in [1.165, 1.54) is 4.90 Å². The SMILES string of the molecule is O=C(OCc1ccccc1)C1=C(OS(=O)(=O)Cc2ccccc2)CC2CC(=O)N12. The van der Waals surface area contributed by atoms with Crippen molar-refractivity contribution in [3.8, 4) is 0 Å². The number of rotatable bonds is 7. The molecule has 150 valence electrons. The minimum absolute atomic E-state index is 0.0138. The van der Waals surface area contributed by atoms with Gasteiger partial charge in [0, 0.05) is 12.8 Å². The second-order valence-corrected chi connectivity index (χ2v) is 8.50. The molecule has 2 aliphatic rings. The fourth-order valence-electron chi connectivity index (χ4n) is 3.44. The fraction of sp³-hybridized carbons (Fsp3) is 0.238. The van der Waals surface area contributed by atoms with Crippen LogP contribution in [0.3, 0.4) is 0 Å². The first kappa shape index (κ1) is 19.2. The van der Waals surface area contributed by atoms with Gasteiger partial charge in [-0.25, -0.2) is 4.79 Å². The molecule has 0 saturated carbocycles. The van der Waals surface area contributed by atoms with Gasteiger partial charge in [0.25, 0.3) is 0 Å². The van der Waals surface area contributed by atoms with Gasteiger partial charge in [-0.2, -0.15) is 8.42 Å². The molecule has 1 amide bonds. The number of β-lactam (4-membered cyclic amide) rings is 1. The standard InChI is InChI=1S/C21H19NO6S/c23-19-12-17-11-18(28-29(25,26)14-16-9-5-2-6-10-16)20(22(17)19)21(24)27-13-15-7-3-1-4-8-15/h1-10,17H,11-14H2. The summed E-state index contributed by atoms with van der Waals surface area (Å²) < 4.78 is 35.6. The zero-order chi connectivity index (χ0) is 20.4. The Kier molecular flexibility index (Phi) is 5.10. The number of carbonyl (C=O) groups excluding carboxylic acids is 2. The molecular weight excluding hydrogens is 394 g/mol. The van der Waals surface area contributed by atoms with E-state index in [4.69, 9.17) is 8.92 Å². The number of fused-ring (bicyclic) bond motifs is 1. The summed E-state index contributed by atoms with van der Waals surface area (Å²) in [4.78, 5) is 25.9. The summed E-state index contributed by atoms with van der Waals surface area (Å²) in [5.41, 5.74) is 1.24. The highest BCUT2D eigenvalue weighted by Crippen LogP contribution is 2.40. The lowest BCUT2D eigenvalue weighted by atomic mass is 10.0. The van der Waals surface area contributed by atoms with E-state index < -0.39 is 16.1 Å². The van der Waals surface area contributed by atoms with Crippen molar-refractivity contribution in [2.75, 3.05) is 0 Å². The van der Waals surface area contributed by atoms with E-state index in [-0.39, 0.29) is 48.6 Å². The molecule has 1 unspecified atom stereocenters. The Bertz CT molecular complexity index is 1060. The second-order valence-electron chi connectivity index (χ2n) is 6.93. The Morgan fingerprint density at radius 2 is 1.59 bits per heavy atom. The smallest absolute Gasteiger partial charge is 0.358 e. The third-order valence-corrected chi connectivity index (χ3v) is 5.93. The first-order valence-corrected chi connectivity index (χ1v) is 10.7. The van der Waals surface area contributed by atoms with Gasteiger partial charge in [-0.1, -0.05) is 60.7 Å². The molecule has 8 heteroatoms. The van der Waals surface area contributed by atoms with Crippen LogP contribution in [0.15, 0.2) is 72.1 Å². The van der Waals surface area contributed by atoms with Crippen LogP contribution in [-0.2, 0) is 41.0 Å². The van der Waals surface area contributed by atoms with Gasteiger partial charge in [0.15, 0.2) is 11.5 Å². The van der Waals surface area contributed by atoms with Gasteiger partial charge in [-0.3, -0.25) is 9.69 Å². The summed E-state index contributed by atoms with van der Waals surface area (Å²) >= 11 is 0. The van der Waals surface area contributed by atoms with Gasteiger partial charge in [-0.05, 0) is 11.1 Å². The van der Waals surface area contributed by atoms with Crippen LogP contribution in [0.4, 0.5) is 0 Å². The maximum absolute atomic E-state index is 12.7. The first-order chi connectivity index (χ1) is 13.9. The first-order valence-electron chi connectivity index (χ1n) is 9.15. The van der Waals surface area contributed by atoms with Crippen molar-refractivity contribution in [3.05, 3.63) is 83.2 Å². The molecule has 0 aliphatic carbocycles. The molecule has 2 heterocycles. The topological polar surface area (TPSA) is 90.0 Å². The molecule has 4 rings (SSSR count). The summed E-state index contributed by atoms with van der Waals surface area (Å²) in [6.45, 7) is 0.0138. The van der Waals surface area contributed by atoms with Crippen LogP contribution in [0, 0.1) is 0 Å². The van der Waals surface area contributed by atoms with Crippen LogP contribution in [-0.4, -0.2) is 31.2 Å². The maximum atomic E-state index is 12.7. The second kappa shape index (κ2) is 7.71. The number of carbonyl (C=O) groups is 2. The van der Waals surface area contributed by atoms with Crippen LogP contribution in [0.25, 0.3) is 0 Å². The van der Waals surface area contributed by atoms with Gasteiger partial charge in [0.05, 0.1) is 6.04 Å². The van der Waals surface area contributed by atoms with Crippen molar-refractivity contribution in [3.63, 3.8) is 0 Å². The molecule has 7 nitrogen and oxygen atoms in total. The predicted octanol–water partition coefficient (Wildman–Crippen LogP) is 2.49. The molecule has 1 fully saturated rings. The monoisotopic (exact) mass is 413 g/mol. The number of esters is 1. The highest BCUT2D eigenvalue weighted by atomic mass is 32.2. The van der Waals surface area contributed by atoms with E-state index in [1.807, 2.05) is 18.2 Å². The van der Waals surface area contributed by atoms with E-state index in [9.17, 15) is 18.0 Å². The number of amides is 1. The van der Waals surface area contributed by atoms with Crippen LogP contribution in [0.2, 0.25) is 0 Å². The number of nitrogens with zero attached hydrogens (tertiary/aromatic N) is 1. The molecule has 2 aliphatic heterocycles. The van der Waals surface area contributed by atoms with Crippen LogP contribution >= 0.6 is 0 Å². The fourth-order valence-corrected chi connectivity index (χ4v) is 4.55. The molecule has 29 heavy (non-hydrogen) atoms. The lowest BCUT2D eigenvalue weighted by Crippen LogP contribution is -2.49. The van der Waals surface area contributed by atoms with Gasteiger partial charge < -0.3 is 8.92 Å². The quantitative estimate of drug-likeness (QED) is 0.394. The minimum atomic E-state index is -3.99. The molecule has 0 N–H and O–H groups in total. The Balaban J connectivity index is 1.53. The number of benzene rings is 2. The predicted molar refractivity (Wildman–Crippen MR) is 103 cm³/mol. The lowest BCUT2D eigenvalue weighted by Gasteiger charge is -2.34. The van der Waals surface area contributed by atoms with Gasteiger partial charge in [-0.15, -0.1) is 0 Å². The molecule has 0 aromatic heterocycles. The number of hydrogen-bond acceptors (Lipinski definition) is 6.